The summed E-state index contributed by atoms with van der Waals surface area (Å²) in [6.45, 7) is 1.31. The number of β-amino-alcohol motifs (C(OH)–C–C–N with tert-alkyl or cyclic N) is 1. The summed E-state index contributed by atoms with van der Waals surface area (Å²) in [5.41, 5.74) is 1.76. The first-order chi connectivity index (χ1) is 11.8. The first-order valence-corrected chi connectivity index (χ1v) is 7.85. The van der Waals surface area contributed by atoms with Crippen LogP contribution in [0.4, 0.5) is 0 Å². The fraction of sp³-hybridized carbons (Fsp3) is 0.294. The minimum absolute atomic E-state index is 0.0990. The Bertz CT molecular complexity index is 793. The fourth-order valence-electron chi connectivity index (χ4n) is 3.02. The van der Waals surface area contributed by atoms with E-state index in [1.165, 1.54) is 5.56 Å². The van der Waals surface area contributed by atoms with Crippen LogP contribution in [0.2, 0.25) is 0 Å². The summed E-state index contributed by atoms with van der Waals surface area (Å²) >= 11 is 0. The molecule has 0 unspecified atom stereocenters. The predicted molar refractivity (Wildman–Crippen MR) is 85.5 cm³/mol. The van der Waals surface area contributed by atoms with E-state index < -0.39 is 6.10 Å². The summed E-state index contributed by atoms with van der Waals surface area (Å²) in [5, 5.41) is 14.1. The van der Waals surface area contributed by atoms with Crippen LogP contribution in [0.15, 0.2) is 53.4 Å². The normalized spacial score (nSPS) is 21.2. The van der Waals surface area contributed by atoms with Gasteiger partial charge in [-0.25, -0.2) is 4.98 Å². The van der Waals surface area contributed by atoms with Crippen LogP contribution in [-0.2, 0) is 6.54 Å². The summed E-state index contributed by atoms with van der Waals surface area (Å²) in [6.07, 6.45) is 4.96. The van der Waals surface area contributed by atoms with E-state index in [1.807, 2.05) is 18.2 Å². The van der Waals surface area contributed by atoms with Crippen molar-refractivity contribution in [1.82, 2.24) is 25.0 Å². The van der Waals surface area contributed by atoms with Gasteiger partial charge in [0.1, 0.15) is 5.69 Å². The van der Waals surface area contributed by atoms with Crippen LogP contribution in [0, 0.1) is 0 Å². The molecule has 0 saturated carbocycles. The van der Waals surface area contributed by atoms with Crippen molar-refractivity contribution in [3.8, 4) is 11.5 Å². The second kappa shape index (κ2) is 6.46. The average molecular weight is 323 g/mol. The molecule has 7 heteroatoms. The zero-order valence-electron chi connectivity index (χ0n) is 13.0. The van der Waals surface area contributed by atoms with Crippen LogP contribution in [-0.4, -0.2) is 42.8 Å². The Morgan fingerprint density at radius 2 is 2.08 bits per heavy atom. The maximum atomic E-state index is 10.1. The quantitative estimate of drug-likeness (QED) is 0.783. The van der Waals surface area contributed by atoms with E-state index >= 15 is 0 Å². The van der Waals surface area contributed by atoms with Crippen molar-refractivity contribution in [2.24, 2.45) is 0 Å². The highest BCUT2D eigenvalue weighted by atomic mass is 16.5. The van der Waals surface area contributed by atoms with Crippen molar-refractivity contribution in [3.05, 3.63) is 60.4 Å². The molecule has 1 N–H and O–H groups in total. The summed E-state index contributed by atoms with van der Waals surface area (Å²) < 4.78 is 5.44. The Hall–Kier alpha value is -2.64. The van der Waals surface area contributed by atoms with E-state index in [9.17, 15) is 5.11 Å². The van der Waals surface area contributed by atoms with Crippen molar-refractivity contribution in [2.45, 2.75) is 25.1 Å². The van der Waals surface area contributed by atoms with E-state index in [2.05, 4.69) is 37.1 Å². The van der Waals surface area contributed by atoms with E-state index in [-0.39, 0.29) is 6.04 Å². The van der Waals surface area contributed by atoms with Crippen molar-refractivity contribution in [3.63, 3.8) is 0 Å². The van der Waals surface area contributed by atoms with Crippen LogP contribution in [0.5, 0.6) is 0 Å². The molecule has 0 radical (unpaired) electrons. The van der Waals surface area contributed by atoms with Crippen LogP contribution in [0.25, 0.3) is 11.5 Å². The van der Waals surface area contributed by atoms with Gasteiger partial charge < -0.3 is 9.63 Å². The Kier molecular flexibility index (Phi) is 4.02. The summed E-state index contributed by atoms with van der Waals surface area (Å²) in [5.74, 6) is 0.919. The minimum atomic E-state index is -0.398. The number of hydrogen-bond acceptors (Lipinski definition) is 7. The zero-order chi connectivity index (χ0) is 16.4. The molecular formula is C17H17N5O2. The smallest absolute Gasteiger partial charge is 0.244 e. The Labute approximate surface area is 139 Å². The van der Waals surface area contributed by atoms with Gasteiger partial charge in [-0.05, 0) is 12.0 Å². The molecule has 0 amide bonds. The maximum absolute atomic E-state index is 10.1. The van der Waals surface area contributed by atoms with Gasteiger partial charge in [0.2, 0.25) is 11.7 Å². The zero-order valence-corrected chi connectivity index (χ0v) is 13.0. The highest BCUT2D eigenvalue weighted by Gasteiger charge is 2.35. The van der Waals surface area contributed by atoms with Gasteiger partial charge in [0.25, 0.3) is 0 Å². The van der Waals surface area contributed by atoms with Gasteiger partial charge >= 0.3 is 0 Å². The molecule has 1 aromatic carbocycles. The second-order valence-corrected chi connectivity index (χ2v) is 5.87. The molecule has 7 nitrogen and oxygen atoms in total. The standard InChI is InChI=1S/C17H17N5O2/c23-13-8-15(22(11-13)10-12-4-2-1-3-5-12)17-20-16(21-24-17)14-9-18-6-7-19-14/h1-7,9,13,15,23H,8,10-11H2/t13-,15+/m1/s1. The Morgan fingerprint density at radius 3 is 2.88 bits per heavy atom. The number of aliphatic hydroxyl groups is 1. The number of nitrogens with zero attached hydrogens (tertiary/aromatic N) is 5. The third-order valence-electron chi connectivity index (χ3n) is 4.13. The Morgan fingerprint density at radius 1 is 1.21 bits per heavy atom. The van der Waals surface area contributed by atoms with Crippen LogP contribution >= 0.6 is 0 Å². The van der Waals surface area contributed by atoms with Crippen LogP contribution < -0.4 is 0 Å². The molecule has 122 valence electrons. The van der Waals surface area contributed by atoms with Crippen molar-refractivity contribution < 1.29 is 9.63 Å². The number of rotatable bonds is 4. The summed E-state index contributed by atoms with van der Waals surface area (Å²) in [7, 11) is 0. The first kappa shape index (κ1) is 14.9. The monoisotopic (exact) mass is 323 g/mol. The predicted octanol–water partition coefficient (Wildman–Crippen LogP) is 1.83. The van der Waals surface area contributed by atoms with Gasteiger partial charge in [-0.2, -0.15) is 4.98 Å². The highest BCUT2D eigenvalue weighted by Crippen LogP contribution is 2.33. The van der Waals surface area contributed by atoms with Gasteiger partial charge in [0, 0.05) is 25.5 Å². The van der Waals surface area contributed by atoms with Gasteiger partial charge in [-0.3, -0.25) is 9.88 Å². The van der Waals surface area contributed by atoms with Crippen molar-refractivity contribution in [1.29, 1.82) is 0 Å². The molecule has 4 rings (SSSR count). The second-order valence-electron chi connectivity index (χ2n) is 5.87. The fourth-order valence-corrected chi connectivity index (χ4v) is 3.02. The number of aliphatic hydroxyl groups excluding tert-OH is 1. The molecule has 0 bridgehead atoms. The lowest BCUT2D eigenvalue weighted by molar-refractivity contribution is 0.169. The summed E-state index contributed by atoms with van der Waals surface area (Å²) in [6, 6.07) is 10.1. The lowest BCUT2D eigenvalue weighted by atomic mass is 10.1. The molecule has 1 saturated heterocycles. The Balaban J connectivity index is 1.57. The molecule has 0 aliphatic carbocycles. The molecule has 2 atom stereocenters. The third-order valence-corrected chi connectivity index (χ3v) is 4.13. The lowest BCUT2D eigenvalue weighted by Gasteiger charge is -2.21. The van der Waals surface area contributed by atoms with E-state index in [4.69, 9.17) is 4.52 Å². The number of benzene rings is 1. The SMILES string of the molecule is O[C@@H]1C[C@@H](c2nc(-c3cnccn3)no2)N(Cc2ccccc2)C1. The molecule has 1 aliphatic rings. The van der Waals surface area contributed by atoms with Crippen molar-refractivity contribution >= 4 is 0 Å². The van der Waals surface area contributed by atoms with Gasteiger partial charge in [-0.1, -0.05) is 35.5 Å². The topological polar surface area (TPSA) is 88.2 Å². The molecule has 3 heterocycles. The van der Waals surface area contributed by atoms with Crippen LogP contribution in [0.3, 0.4) is 0 Å². The number of aromatic nitrogens is 4. The third kappa shape index (κ3) is 3.04. The average Bonchev–Trinajstić information content (AvgIpc) is 3.23. The molecule has 24 heavy (non-hydrogen) atoms. The van der Waals surface area contributed by atoms with E-state index in [0.717, 1.165) is 6.54 Å². The largest absolute Gasteiger partial charge is 0.392 e. The van der Waals surface area contributed by atoms with E-state index in [0.29, 0.717) is 30.4 Å². The number of hydrogen-bond donors (Lipinski definition) is 1. The van der Waals surface area contributed by atoms with E-state index in [1.54, 1.807) is 18.6 Å². The minimum Gasteiger partial charge on any atom is -0.392 e. The maximum Gasteiger partial charge on any atom is 0.244 e. The molecule has 3 aromatic rings. The molecule has 0 spiro atoms. The molecular weight excluding hydrogens is 306 g/mol. The number of likely N-dealkylation sites (tertiary alicyclic amines) is 1. The van der Waals surface area contributed by atoms with Crippen LogP contribution in [0.1, 0.15) is 23.9 Å². The van der Waals surface area contributed by atoms with Gasteiger partial charge in [0.15, 0.2) is 0 Å². The van der Waals surface area contributed by atoms with Gasteiger partial charge in [0.05, 0.1) is 18.3 Å². The van der Waals surface area contributed by atoms with Gasteiger partial charge in [-0.15, -0.1) is 0 Å². The molecule has 1 fully saturated rings. The molecule has 2 aromatic heterocycles. The lowest BCUT2D eigenvalue weighted by Crippen LogP contribution is -2.24. The van der Waals surface area contributed by atoms with Crippen molar-refractivity contribution in [2.75, 3.05) is 6.54 Å². The summed E-state index contributed by atoms with van der Waals surface area (Å²) in [4.78, 5) is 14.8. The first-order valence-electron chi connectivity index (χ1n) is 7.85. The highest BCUT2D eigenvalue weighted by molar-refractivity contribution is 5.45. The molecule has 1 aliphatic heterocycles.